The highest BCUT2D eigenvalue weighted by Crippen LogP contribution is 2.43. The third-order valence-electron chi connectivity index (χ3n) is 7.34. The first-order valence-corrected chi connectivity index (χ1v) is 13.6. The molecule has 0 saturated heterocycles. The number of aryl methyl sites for hydroxylation is 1. The number of fused-ring (bicyclic) bond motifs is 1. The van der Waals surface area contributed by atoms with Crippen molar-refractivity contribution in [3.05, 3.63) is 115 Å². The maximum atomic E-state index is 16.1. The van der Waals surface area contributed by atoms with E-state index in [9.17, 15) is 27.6 Å². The summed E-state index contributed by atoms with van der Waals surface area (Å²) in [6.07, 6.45) is -5.34. The van der Waals surface area contributed by atoms with E-state index >= 15 is 8.78 Å². The predicted octanol–water partition coefficient (Wildman–Crippen LogP) is 5.92. The molecule has 0 saturated carbocycles. The number of methoxy groups -OCH3 is 2. The van der Waals surface area contributed by atoms with Gasteiger partial charge in [-0.3, -0.25) is 14.6 Å². The first kappa shape index (κ1) is 31.9. The fraction of sp³-hybridized carbons (Fsp3) is 0.188. The van der Waals surface area contributed by atoms with Crippen LogP contribution in [0.2, 0.25) is 0 Å². The second-order valence-electron chi connectivity index (χ2n) is 10.3. The number of H-pyrrole nitrogens is 2. The number of alkyl halides is 3. The standard InChI is InChI=1S/C32H25F5N4O5/c1-16-12-22(41(13-17-4-8-19(45-2)9-5-17)14-18-6-10-20(46-3)11-7-18)38-28(25(16)32(35,36)37)23-21(15-42)26(33)24-29(27(23)34)39-31(44)40-30(24)43/h4-12,15H,13-14H2,1-3H3,(H2,39,40,43,44). The number of aromatic amines is 2. The van der Waals surface area contributed by atoms with E-state index in [1.165, 1.54) is 14.2 Å². The van der Waals surface area contributed by atoms with Crippen molar-refractivity contribution >= 4 is 23.0 Å². The highest BCUT2D eigenvalue weighted by molar-refractivity contribution is 5.97. The number of nitrogens with one attached hydrogen (secondary N) is 2. The van der Waals surface area contributed by atoms with E-state index in [0.29, 0.717) is 22.6 Å². The van der Waals surface area contributed by atoms with Gasteiger partial charge >= 0.3 is 11.9 Å². The molecular formula is C32H25F5N4O5. The Morgan fingerprint density at radius 2 is 1.41 bits per heavy atom. The monoisotopic (exact) mass is 640 g/mol. The second-order valence-corrected chi connectivity index (χ2v) is 10.3. The summed E-state index contributed by atoms with van der Waals surface area (Å²) < 4.78 is 85.9. The lowest BCUT2D eigenvalue weighted by Gasteiger charge is -2.27. The molecule has 0 radical (unpaired) electrons. The Morgan fingerprint density at radius 1 is 0.870 bits per heavy atom. The van der Waals surface area contributed by atoms with Gasteiger partial charge < -0.3 is 19.4 Å². The number of aldehydes is 1. The molecule has 9 nitrogen and oxygen atoms in total. The van der Waals surface area contributed by atoms with Gasteiger partial charge in [0.2, 0.25) is 0 Å². The molecule has 0 atom stereocenters. The van der Waals surface area contributed by atoms with Crippen molar-refractivity contribution in [2.24, 2.45) is 0 Å². The molecule has 2 N–H and O–H groups in total. The van der Waals surface area contributed by atoms with E-state index in [2.05, 4.69) is 4.98 Å². The number of hydrogen-bond donors (Lipinski definition) is 2. The number of halogens is 5. The molecule has 0 fully saturated rings. The number of carbonyl (C=O) groups excluding carboxylic acids is 1. The van der Waals surface area contributed by atoms with Crippen LogP contribution in [0.15, 0.2) is 64.2 Å². The molecule has 0 bridgehead atoms. The first-order chi connectivity index (χ1) is 21.9. The van der Waals surface area contributed by atoms with E-state index < -0.39 is 67.9 Å². The number of hydrogen-bond acceptors (Lipinski definition) is 7. The van der Waals surface area contributed by atoms with Crippen molar-refractivity contribution in [2.75, 3.05) is 19.1 Å². The van der Waals surface area contributed by atoms with Crippen molar-refractivity contribution < 1.29 is 36.2 Å². The van der Waals surface area contributed by atoms with Gasteiger partial charge in [0.25, 0.3) is 5.56 Å². The summed E-state index contributed by atoms with van der Waals surface area (Å²) in [6, 6.07) is 14.9. The van der Waals surface area contributed by atoms with Crippen LogP contribution in [0.5, 0.6) is 11.5 Å². The van der Waals surface area contributed by atoms with E-state index in [-0.39, 0.29) is 25.2 Å². The molecule has 0 spiro atoms. The Hall–Kier alpha value is -5.53. The molecule has 0 unspecified atom stereocenters. The Morgan fingerprint density at radius 3 is 1.89 bits per heavy atom. The number of benzene rings is 3. The summed E-state index contributed by atoms with van der Waals surface area (Å²) in [5.74, 6) is -2.17. The van der Waals surface area contributed by atoms with Crippen LogP contribution in [-0.2, 0) is 19.3 Å². The van der Waals surface area contributed by atoms with Crippen LogP contribution in [0.25, 0.3) is 22.2 Å². The number of carbonyl (C=O) groups is 1. The lowest BCUT2D eigenvalue weighted by atomic mass is 9.94. The average Bonchev–Trinajstić information content (AvgIpc) is 3.01. The second kappa shape index (κ2) is 12.5. The van der Waals surface area contributed by atoms with E-state index in [1.54, 1.807) is 58.4 Å². The third-order valence-corrected chi connectivity index (χ3v) is 7.34. The molecule has 0 aliphatic rings. The third kappa shape index (κ3) is 6.05. The SMILES string of the molecule is COc1ccc(CN(Cc2ccc(OC)cc2)c2cc(C)c(C(F)(F)F)c(-c3c(C=O)c(F)c4c(=O)[nH]c(=O)[nH]c4c3F)n2)cc1. The number of rotatable bonds is 9. The van der Waals surface area contributed by atoms with Gasteiger partial charge in [-0.1, -0.05) is 24.3 Å². The Kier molecular flexibility index (Phi) is 8.64. The van der Waals surface area contributed by atoms with Gasteiger partial charge in [0.1, 0.15) is 28.5 Å². The zero-order chi connectivity index (χ0) is 33.3. The number of aromatic nitrogens is 3. The molecule has 0 aliphatic heterocycles. The fourth-order valence-electron chi connectivity index (χ4n) is 5.17. The highest BCUT2D eigenvalue weighted by atomic mass is 19.4. The van der Waals surface area contributed by atoms with Gasteiger partial charge in [0.15, 0.2) is 12.1 Å². The molecule has 5 aromatic rings. The number of nitrogens with zero attached hydrogens (tertiary/aromatic N) is 2. The minimum Gasteiger partial charge on any atom is -0.497 e. The largest absolute Gasteiger partial charge is 0.497 e. The summed E-state index contributed by atoms with van der Waals surface area (Å²) in [7, 11) is 2.99. The van der Waals surface area contributed by atoms with Crippen LogP contribution in [0.4, 0.5) is 27.8 Å². The molecule has 2 aromatic heterocycles. The molecule has 0 aliphatic carbocycles. The van der Waals surface area contributed by atoms with Crippen LogP contribution in [0.1, 0.15) is 32.6 Å². The smallest absolute Gasteiger partial charge is 0.418 e. The number of pyridine rings is 1. The Bertz CT molecular complexity index is 2010. The maximum Gasteiger partial charge on any atom is 0.418 e. The van der Waals surface area contributed by atoms with Crippen LogP contribution in [-0.4, -0.2) is 35.5 Å². The summed E-state index contributed by atoms with van der Waals surface area (Å²) in [4.78, 5) is 45.8. The first-order valence-electron chi connectivity index (χ1n) is 13.6. The lowest BCUT2D eigenvalue weighted by Crippen LogP contribution is -2.26. The van der Waals surface area contributed by atoms with Gasteiger partial charge in [-0.2, -0.15) is 13.2 Å². The zero-order valence-corrected chi connectivity index (χ0v) is 24.5. The van der Waals surface area contributed by atoms with Crippen molar-refractivity contribution in [3.8, 4) is 22.8 Å². The Labute approximate surface area is 257 Å². The molecule has 14 heteroatoms. The van der Waals surface area contributed by atoms with Crippen LogP contribution >= 0.6 is 0 Å². The normalized spacial score (nSPS) is 11.5. The van der Waals surface area contributed by atoms with Gasteiger partial charge in [0.05, 0.1) is 42.1 Å². The molecule has 0 amide bonds. The number of anilines is 1. The minimum atomic E-state index is -5.14. The summed E-state index contributed by atoms with van der Waals surface area (Å²) in [6.45, 7) is 1.33. The molecular weight excluding hydrogens is 615 g/mol. The fourth-order valence-corrected chi connectivity index (χ4v) is 5.17. The van der Waals surface area contributed by atoms with Crippen LogP contribution < -0.4 is 25.6 Å². The molecule has 3 aromatic carbocycles. The summed E-state index contributed by atoms with van der Waals surface area (Å²) in [5, 5.41) is -1.04. The number of ether oxygens (including phenoxy) is 2. The molecule has 46 heavy (non-hydrogen) atoms. The zero-order valence-electron chi connectivity index (χ0n) is 24.5. The van der Waals surface area contributed by atoms with E-state index in [1.807, 2.05) is 4.98 Å². The molecule has 5 rings (SSSR count). The predicted molar refractivity (Wildman–Crippen MR) is 159 cm³/mol. The topological polar surface area (TPSA) is 117 Å². The van der Waals surface area contributed by atoms with Crippen LogP contribution in [0.3, 0.4) is 0 Å². The van der Waals surface area contributed by atoms with E-state index in [0.717, 1.165) is 13.0 Å². The van der Waals surface area contributed by atoms with Crippen LogP contribution in [0, 0.1) is 18.6 Å². The molecule has 238 valence electrons. The Balaban J connectivity index is 1.79. The average molecular weight is 641 g/mol. The summed E-state index contributed by atoms with van der Waals surface area (Å²) >= 11 is 0. The van der Waals surface area contributed by atoms with Gasteiger partial charge in [0, 0.05) is 13.1 Å². The maximum absolute atomic E-state index is 16.1. The lowest BCUT2D eigenvalue weighted by molar-refractivity contribution is -0.137. The summed E-state index contributed by atoms with van der Waals surface area (Å²) in [5.41, 5.74) is -7.47. The quantitative estimate of drug-likeness (QED) is 0.152. The van der Waals surface area contributed by atoms with Gasteiger partial charge in [-0.15, -0.1) is 0 Å². The van der Waals surface area contributed by atoms with Gasteiger partial charge in [-0.05, 0) is 53.9 Å². The minimum absolute atomic E-state index is 0.0664. The molecule has 2 heterocycles. The van der Waals surface area contributed by atoms with E-state index in [4.69, 9.17) is 9.47 Å². The van der Waals surface area contributed by atoms with Crippen molar-refractivity contribution in [3.63, 3.8) is 0 Å². The van der Waals surface area contributed by atoms with Gasteiger partial charge in [-0.25, -0.2) is 18.6 Å². The van der Waals surface area contributed by atoms with Crippen molar-refractivity contribution in [1.82, 2.24) is 15.0 Å². The highest BCUT2D eigenvalue weighted by Gasteiger charge is 2.39. The van der Waals surface area contributed by atoms with Crippen molar-refractivity contribution in [1.29, 1.82) is 0 Å². The van der Waals surface area contributed by atoms with Crippen molar-refractivity contribution in [2.45, 2.75) is 26.2 Å².